The second-order valence-electron chi connectivity index (χ2n) is 7.46. The van der Waals surface area contributed by atoms with E-state index in [0.29, 0.717) is 27.9 Å². The first-order valence-corrected chi connectivity index (χ1v) is 10.1. The Morgan fingerprint density at radius 1 is 0.970 bits per heavy atom. The van der Waals surface area contributed by atoms with Crippen LogP contribution in [0.1, 0.15) is 23.6 Å². The van der Waals surface area contributed by atoms with Gasteiger partial charge in [-0.15, -0.1) is 0 Å². The topological polar surface area (TPSA) is 168 Å². The molecule has 0 aliphatic heterocycles. The van der Waals surface area contributed by atoms with E-state index in [1.807, 2.05) is 0 Å². The van der Waals surface area contributed by atoms with Gasteiger partial charge in [0.2, 0.25) is 0 Å². The predicted octanol–water partition coefficient (Wildman–Crippen LogP) is 2.61. The van der Waals surface area contributed by atoms with Crippen LogP contribution < -0.4 is 11.5 Å². The second kappa shape index (κ2) is 9.82. The number of hydrogen-bond acceptors (Lipinski definition) is 6. The molecule has 1 heterocycles. The molecule has 1 aromatic heterocycles. The van der Waals surface area contributed by atoms with Crippen LogP contribution in [-0.4, -0.2) is 41.8 Å². The fraction of sp³-hybridized carbons (Fsp3) is 0.167. The van der Waals surface area contributed by atoms with E-state index in [2.05, 4.69) is 11.6 Å². The molecule has 0 aliphatic rings. The molecule has 0 atom stereocenters. The lowest BCUT2D eigenvalue weighted by atomic mass is 10.0. The van der Waals surface area contributed by atoms with Crippen LogP contribution in [0.4, 0.5) is 0 Å². The molecule has 2 aromatic carbocycles. The van der Waals surface area contributed by atoms with Crippen LogP contribution in [0.25, 0.3) is 22.2 Å². The summed E-state index contributed by atoms with van der Waals surface area (Å²) in [5.74, 6) is -1.13. The van der Waals surface area contributed by atoms with Crippen LogP contribution in [-0.2, 0) is 25.5 Å². The highest BCUT2D eigenvalue weighted by molar-refractivity contribution is 6.01. The zero-order valence-corrected chi connectivity index (χ0v) is 18.2. The normalized spacial score (nSPS) is 10.6. The molecular formula is C24H25N5O4. The fourth-order valence-electron chi connectivity index (χ4n) is 3.28. The molecular weight excluding hydrogens is 422 g/mol. The Morgan fingerprint density at radius 2 is 1.58 bits per heavy atom. The highest BCUT2D eigenvalue weighted by Crippen LogP contribution is 2.32. The first-order chi connectivity index (χ1) is 15.7. The van der Waals surface area contributed by atoms with E-state index < -0.39 is 11.9 Å². The number of aromatic amines is 1. The van der Waals surface area contributed by atoms with Gasteiger partial charge in [0.15, 0.2) is 0 Å². The number of benzene rings is 2. The summed E-state index contributed by atoms with van der Waals surface area (Å²) in [5, 5.41) is 16.0. The van der Waals surface area contributed by atoms with Crippen molar-refractivity contribution in [2.24, 2.45) is 11.5 Å². The summed E-state index contributed by atoms with van der Waals surface area (Å²) in [6, 6.07) is 12.3. The number of amidine groups is 2. The Kier molecular flexibility index (Phi) is 6.92. The Balaban J connectivity index is 1.88. The summed E-state index contributed by atoms with van der Waals surface area (Å²) >= 11 is 0. The molecule has 9 nitrogen and oxygen atoms in total. The fourth-order valence-corrected chi connectivity index (χ4v) is 3.28. The molecule has 0 spiro atoms. The van der Waals surface area contributed by atoms with Gasteiger partial charge in [-0.3, -0.25) is 15.6 Å². The van der Waals surface area contributed by atoms with Crippen molar-refractivity contribution in [3.05, 3.63) is 71.3 Å². The van der Waals surface area contributed by atoms with Crippen LogP contribution in [0.5, 0.6) is 0 Å². The van der Waals surface area contributed by atoms with Crippen molar-refractivity contribution in [3.63, 3.8) is 0 Å². The Bertz CT molecular complexity index is 1260. The maximum atomic E-state index is 12.5. The quantitative estimate of drug-likeness (QED) is 0.111. The zero-order chi connectivity index (χ0) is 24.1. The smallest absolute Gasteiger partial charge is 0.333 e. The number of hydrogen-bond donors (Lipinski definition) is 5. The van der Waals surface area contributed by atoms with E-state index in [1.165, 1.54) is 6.92 Å². The first kappa shape index (κ1) is 23.3. The average Bonchev–Trinajstić information content (AvgIpc) is 3.13. The Morgan fingerprint density at radius 3 is 2.18 bits per heavy atom. The van der Waals surface area contributed by atoms with Gasteiger partial charge in [-0.25, -0.2) is 4.79 Å². The van der Waals surface area contributed by atoms with Gasteiger partial charge >= 0.3 is 11.9 Å². The Labute approximate surface area is 190 Å². The summed E-state index contributed by atoms with van der Waals surface area (Å²) in [6.45, 7) is 4.89. The van der Waals surface area contributed by atoms with Crippen molar-refractivity contribution in [1.29, 1.82) is 10.8 Å². The largest absolute Gasteiger partial charge is 0.462 e. The van der Waals surface area contributed by atoms with Crippen molar-refractivity contribution in [2.75, 3.05) is 13.2 Å². The van der Waals surface area contributed by atoms with Gasteiger partial charge < -0.3 is 25.9 Å². The van der Waals surface area contributed by atoms with Crippen LogP contribution in [0.15, 0.2) is 54.6 Å². The van der Waals surface area contributed by atoms with Gasteiger partial charge in [-0.1, -0.05) is 43.0 Å². The number of carbonyl (C=O) groups is 2. The van der Waals surface area contributed by atoms with Crippen LogP contribution in [0.2, 0.25) is 0 Å². The number of nitrogens with two attached hydrogens (primary N) is 2. The molecule has 0 radical (unpaired) electrons. The monoisotopic (exact) mass is 447 g/mol. The average molecular weight is 447 g/mol. The summed E-state index contributed by atoms with van der Waals surface area (Å²) in [5.41, 5.74) is 15.5. The number of ether oxygens (including phenoxy) is 2. The highest BCUT2D eigenvalue weighted by atomic mass is 16.6. The lowest BCUT2D eigenvalue weighted by Crippen LogP contribution is -2.15. The van der Waals surface area contributed by atoms with E-state index in [0.717, 1.165) is 10.9 Å². The molecule has 9 heteroatoms. The molecule has 0 saturated carbocycles. The minimum absolute atomic E-state index is 0.0301. The summed E-state index contributed by atoms with van der Waals surface area (Å²) < 4.78 is 10.2. The number of carbonyl (C=O) groups excluding carboxylic acids is 2. The third-order valence-electron chi connectivity index (χ3n) is 4.95. The van der Waals surface area contributed by atoms with Crippen LogP contribution in [0, 0.1) is 10.8 Å². The number of rotatable bonds is 9. The number of H-pyrrole nitrogens is 1. The molecule has 0 unspecified atom stereocenters. The second-order valence-corrected chi connectivity index (χ2v) is 7.46. The van der Waals surface area contributed by atoms with Crippen molar-refractivity contribution in [2.45, 2.75) is 13.3 Å². The summed E-state index contributed by atoms with van der Waals surface area (Å²) in [7, 11) is 0. The Hall–Kier alpha value is -4.40. The minimum Gasteiger partial charge on any atom is -0.462 e. The van der Waals surface area contributed by atoms with Gasteiger partial charge in [0.1, 0.15) is 24.9 Å². The van der Waals surface area contributed by atoms with Crippen molar-refractivity contribution in [3.8, 4) is 11.3 Å². The minimum atomic E-state index is -0.541. The number of nitrogens with one attached hydrogen (secondary N) is 3. The highest BCUT2D eigenvalue weighted by Gasteiger charge is 2.18. The maximum absolute atomic E-state index is 12.5. The number of aromatic nitrogens is 1. The lowest BCUT2D eigenvalue weighted by molar-refractivity contribution is -0.149. The predicted molar refractivity (Wildman–Crippen MR) is 126 cm³/mol. The summed E-state index contributed by atoms with van der Waals surface area (Å²) in [6.07, 6.45) is -0.0301. The standard InChI is InChI=1S/C24H25N5O4/c1-13(2)24(31)33-10-9-32-20(30)12-18-17-8-7-16(23(27)28)11-19(17)29-21(18)14-3-5-15(6-4-14)22(25)26/h3-8,11,29H,1,9-10,12H2,2H3,(H3,25,26)(H3,27,28). The molecule has 0 aliphatic carbocycles. The van der Waals surface area contributed by atoms with Gasteiger partial charge in [-0.2, -0.15) is 0 Å². The molecule has 0 amide bonds. The van der Waals surface area contributed by atoms with Crippen LogP contribution in [0.3, 0.4) is 0 Å². The van der Waals surface area contributed by atoms with E-state index in [4.69, 9.17) is 31.8 Å². The van der Waals surface area contributed by atoms with Crippen molar-refractivity contribution < 1.29 is 19.1 Å². The lowest BCUT2D eigenvalue weighted by Gasteiger charge is -2.08. The number of nitrogen functional groups attached to an aromatic ring is 2. The SMILES string of the molecule is C=C(C)C(=O)OCCOC(=O)Cc1c(-c2ccc(C(=N)N)cc2)[nH]c2cc(C(=N)N)ccc12. The molecule has 0 bridgehead atoms. The molecule has 33 heavy (non-hydrogen) atoms. The van der Waals surface area contributed by atoms with Crippen LogP contribution >= 0.6 is 0 Å². The van der Waals surface area contributed by atoms with E-state index >= 15 is 0 Å². The van der Waals surface area contributed by atoms with Gasteiger partial charge in [0.05, 0.1) is 12.1 Å². The third-order valence-corrected chi connectivity index (χ3v) is 4.95. The molecule has 7 N–H and O–H groups in total. The zero-order valence-electron chi connectivity index (χ0n) is 18.2. The van der Waals surface area contributed by atoms with Crippen molar-refractivity contribution in [1.82, 2.24) is 4.98 Å². The van der Waals surface area contributed by atoms with E-state index in [1.54, 1.807) is 42.5 Å². The van der Waals surface area contributed by atoms with Gasteiger partial charge in [-0.05, 0) is 24.1 Å². The first-order valence-electron chi connectivity index (χ1n) is 10.1. The maximum Gasteiger partial charge on any atom is 0.333 e. The van der Waals surface area contributed by atoms with Crippen molar-refractivity contribution >= 4 is 34.5 Å². The van der Waals surface area contributed by atoms with Gasteiger partial charge in [0, 0.05) is 27.6 Å². The number of fused-ring (bicyclic) bond motifs is 1. The number of esters is 2. The molecule has 0 fully saturated rings. The van der Waals surface area contributed by atoms with E-state index in [-0.39, 0.29) is 36.9 Å². The molecule has 3 aromatic rings. The van der Waals surface area contributed by atoms with Gasteiger partial charge in [0.25, 0.3) is 0 Å². The molecule has 0 saturated heterocycles. The molecule has 170 valence electrons. The molecule has 3 rings (SSSR count). The summed E-state index contributed by atoms with van der Waals surface area (Å²) in [4.78, 5) is 27.3. The van der Waals surface area contributed by atoms with E-state index in [9.17, 15) is 9.59 Å². The third kappa shape index (κ3) is 5.45.